The van der Waals surface area contributed by atoms with Gasteiger partial charge in [0, 0.05) is 22.6 Å². The molecular weight excluding hydrogens is 550 g/mol. The van der Waals surface area contributed by atoms with Crippen molar-refractivity contribution in [3.8, 4) is 11.5 Å². The molecule has 0 aliphatic carbocycles. The number of anilines is 4. The fourth-order valence-electron chi connectivity index (χ4n) is 3.44. The van der Waals surface area contributed by atoms with Gasteiger partial charge in [-0.2, -0.15) is 20.1 Å². The van der Waals surface area contributed by atoms with Gasteiger partial charge in [-0.1, -0.05) is 11.6 Å². The molecule has 4 rings (SSSR count). The van der Waals surface area contributed by atoms with E-state index in [2.05, 4.69) is 46.7 Å². The molecule has 0 spiro atoms. The second-order valence-electron chi connectivity index (χ2n) is 7.80. The van der Waals surface area contributed by atoms with Gasteiger partial charge in [0.15, 0.2) is 11.5 Å². The lowest BCUT2D eigenvalue weighted by atomic mass is 10.2. The average Bonchev–Trinajstić information content (AvgIpc) is 2.88. The number of morpholine rings is 1. The fourth-order valence-corrected chi connectivity index (χ4v) is 4.16. The normalized spacial score (nSPS) is 13.6. The summed E-state index contributed by atoms with van der Waals surface area (Å²) in [6.45, 7) is 6.99. The van der Waals surface area contributed by atoms with Crippen molar-refractivity contribution in [2.45, 2.75) is 13.8 Å². The summed E-state index contributed by atoms with van der Waals surface area (Å²) in [6, 6.07) is 9.33. The Morgan fingerprint density at radius 1 is 1.14 bits per heavy atom. The number of ether oxygens (including phenoxy) is 3. The molecule has 12 heteroatoms. The standard InChI is InChI=1S/C24H27BrClN7O3/c1-4-36-20-6-5-16(12-21(20)34-3)14-27-32-23-29-22(28-19-13-18(26)15(2)11-17(19)25)30-24(31-23)33-7-9-35-10-8-33/h5-6,11-14H,4,7-10H2,1-3H3,(H2,28,29,30,31,32). The van der Waals surface area contributed by atoms with E-state index in [4.69, 9.17) is 25.8 Å². The summed E-state index contributed by atoms with van der Waals surface area (Å²) in [4.78, 5) is 15.7. The van der Waals surface area contributed by atoms with Crippen LogP contribution < -0.4 is 25.1 Å². The van der Waals surface area contributed by atoms with Crippen LogP contribution in [0, 0.1) is 6.92 Å². The summed E-state index contributed by atoms with van der Waals surface area (Å²) < 4.78 is 17.3. The quantitative estimate of drug-likeness (QED) is 0.268. The first kappa shape index (κ1) is 25.9. The predicted octanol–water partition coefficient (Wildman–Crippen LogP) is 5.03. The first-order valence-corrected chi connectivity index (χ1v) is 12.5. The molecule has 190 valence electrons. The van der Waals surface area contributed by atoms with Crippen molar-refractivity contribution < 1.29 is 14.2 Å². The molecule has 0 bridgehead atoms. The van der Waals surface area contributed by atoms with E-state index in [1.54, 1.807) is 13.3 Å². The van der Waals surface area contributed by atoms with E-state index < -0.39 is 0 Å². The summed E-state index contributed by atoms with van der Waals surface area (Å²) in [5, 5.41) is 8.18. The largest absolute Gasteiger partial charge is 0.493 e. The highest BCUT2D eigenvalue weighted by molar-refractivity contribution is 9.10. The van der Waals surface area contributed by atoms with Crippen LogP contribution in [0.15, 0.2) is 39.9 Å². The number of methoxy groups -OCH3 is 1. The molecule has 2 heterocycles. The zero-order chi connectivity index (χ0) is 25.5. The Kier molecular flexibility index (Phi) is 8.79. The van der Waals surface area contributed by atoms with Crippen LogP contribution in [0.3, 0.4) is 0 Å². The first-order chi connectivity index (χ1) is 17.5. The minimum Gasteiger partial charge on any atom is -0.493 e. The van der Waals surface area contributed by atoms with E-state index in [0.29, 0.717) is 61.3 Å². The van der Waals surface area contributed by atoms with E-state index in [-0.39, 0.29) is 5.95 Å². The van der Waals surface area contributed by atoms with Gasteiger partial charge in [0.1, 0.15) is 0 Å². The third kappa shape index (κ3) is 6.54. The molecule has 0 saturated carbocycles. The second kappa shape index (κ2) is 12.2. The van der Waals surface area contributed by atoms with Crippen molar-refractivity contribution in [3.63, 3.8) is 0 Å². The van der Waals surface area contributed by atoms with Crippen molar-refractivity contribution in [3.05, 3.63) is 51.0 Å². The number of halogens is 2. The first-order valence-electron chi connectivity index (χ1n) is 11.4. The third-order valence-corrected chi connectivity index (χ3v) is 6.34. The molecule has 0 radical (unpaired) electrons. The minimum atomic E-state index is 0.289. The average molecular weight is 577 g/mol. The number of hydrogen-bond donors (Lipinski definition) is 2. The SMILES string of the molecule is CCOc1ccc(C=NNc2nc(Nc3cc(Cl)c(C)cc3Br)nc(N3CCOCC3)n2)cc1OC. The zero-order valence-corrected chi connectivity index (χ0v) is 22.6. The van der Waals surface area contributed by atoms with E-state index in [1.165, 1.54) is 0 Å². The molecule has 3 aromatic rings. The van der Waals surface area contributed by atoms with Gasteiger partial charge in [-0.15, -0.1) is 0 Å². The summed E-state index contributed by atoms with van der Waals surface area (Å²) in [6.07, 6.45) is 1.65. The lowest BCUT2D eigenvalue weighted by Gasteiger charge is -2.27. The molecule has 1 aliphatic rings. The van der Waals surface area contributed by atoms with Gasteiger partial charge >= 0.3 is 0 Å². The third-order valence-electron chi connectivity index (χ3n) is 5.28. The smallest absolute Gasteiger partial charge is 0.250 e. The molecular formula is C24H27BrClN7O3. The highest BCUT2D eigenvalue weighted by Gasteiger charge is 2.17. The predicted molar refractivity (Wildman–Crippen MR) is 145 cm³/mol. The highest BCUT2D eigenvalue weighted by Crippen LogP contribution is 2.31. The summed E-state index contributed by atoms with van der Waals surface area (Å²) in [7, 11) is 1.60. The van der Waals surface area contributed by atoms with Crippen LogP contribution in [-0.4, -0.2) is 61.2 Å². The molecule has 1 fully saturated rings. The van der Waals surface area contributed by atoms with E-state index in [1.807, 2.05) is 49.1 Å². The van der Waals surface area contributed by atoms with Crippen LogP contribution in [0.25, 0.3) is 0 Å². The Balaban J connectivity index is 1.58. The number of benzene rings is 2. The Morgan fingerprint density at radius 2 is 1.92 bits per heavy atom. The molecule has 1 aromatic heterocycles. The minimum absolute atomic E-state index is 0.289. The Bertz CT molecular complexity index is 1240. The van der Waals surface area contributed by atoms with Gasteiger partial charge < -0.3 is 24.4 Å². The Morgan fingerprint density at radius 3 is 2.67 bits per heavy atom. The maximum atomic E-state index is 6.33. The number of aromatic nitrogens is 3. The topological polar surface area (TPSA) is 106 Å². The summed E-state index contributed by atoms with van der Waals surface area (Å²) in [5.74, 6) is 2.47. The summed E-state index contributed by atoms with van der Waals surface area (Å²) >= 11 is 9.90. The monoisotopic (exact) mass is 575 g/mol. The van der Waals surface area contributed by atoms with Gasteiger partial charge in [-0.3, -0.25) is 0 Å². The van der Waals surface area contributed by atoms with Crippen molar-refractivity contribution in [1.82, 2.24) is 15.0 Å². The van der Waals surface area contributed by atoms with Crippen LogP contribution in [-0.2, 0) is 4.74 Å². The van der Waals surface area contributed by atoms with E-state index in [9.17, 15) is 0 Å². The molecule has 1 saturated heterocycles. The van der Waals surface area contributed by atoms with Crippen LogP contribution in [0.1, 0.15) is 18.1 Å². The van der Waals surface area contributed by atoms with Crippen molar-refractivity contribution in [2.75, 3.05) is 55.7 Å². The lowest BCUT2D eigenvalue weighted by molar-refractivity contribution is 0.122. The Labute approximate surface area is 223 Å². The highest BCUT2D eigenvalue weighted by atomic mass is 79.9. The molecule has 2 aromatic carbocycles. The molecule has 36 heavy (non-hydrogen) atoms. The van der Waals surface area contributed by atoms with Crippen LogP contribution in [0.5, 0.6) is 11.5 Å². The molecule has 10 nitrogen and oxygen atoms in total. The fraction of sp³-hybridized carbons (Fsp3) is 0.333. The van der Waals surface area contributed by atoms with Gasteiger partial charge in [0.25, 0.3) is 0 Å². The second-order valence-corrected chi connectivity index (χ2v) is 9.06. The molecule has 0 unspecified atom stereocenters. The van der Waals surface area contributed by atoms with E-state index in [0.717, 1.165) is 21.3 Å². The van der Waals surface area contributed by atoms with Gasteiger partial charge in [-0.05, 0) is 71.2 Å². The number of hydrazone groups is 1. The lowest BCUT2D eigenvalue weighted by Crippen LogP contribution is -2.37. The Hall–Kier alpha value is -3.15. The number of hydrogen-bond acceptors (Lipinski definition) is 10. The molecule has 1 aliphatic heterocycles. The number of nitrogens with zero attached hydrogens (tertiary/aromatic N) is 5. The van der Waals surface area contributed by atoms with Gasteiger partial charge in [-0.25, -0.2) is 5.43 Å². The van der Waals surface area contributed by atoms with Crippen molar-refractivity contribution >= 4 is 57.3 Å². The zero-order valence-electron chi connectivity index (χ0n) is 20.2. The molecule has 0 atom stereocenters. The number of aryl methyl sites for hydroxylation is 1. The number of nitrogens with one attached hydrogen (secondary N) is 2. The maximum Gasteiger partial charge on any atom is 0.250 e. The maximum absolute atomic E-state index is 6.33. The number of rotatable bonds is 9. The summed E-state index contributed by atoms with van der Waals surface area (Å²) in [5.41, 5.74) is 5.43. The van der Waals surface area contributed by atoms with Crippen LogP contribution in [0.2, 0.25) is 5.02 Å². The van der Waals surface area contributed by atoms with Crippen molar-refractivity contribution in [2.24, 2.45) is 5.10 Å². The molecule has 2 N–H and O–H groups in total. The van der Waals surface area contributed by atoms with Gasteiger partial charge in [0.2, 0.25) is 17.8 Å². The van der Waals surface area contributed by atoms with Crippen LogP contribution in [0.4, 0.5) is 23.5 Å². The van der Waals surface area contributed by atoms with Gasteiger partial charge in [0.05, 0.1) is 38.8 Å². The van der Waals surface area contributed by atoms with E-state index >= 15 is 0 Å². The van der Waals surface area contributed by atoms with Crippen LogP contribution >= 0.6 is 27.5 Å². The van der Waals surface area contributed by atoms with Crippen molar-refractivity contribution in [1.29, 1.82) is 0 Å². The molecule has 0 amide bonds.